The zero-order valence-electron chi connectivity index (χ0n) is 13.1. The molecular formula is C16H16N2O6. The van der Waals surface area contributed by atoms with E-state index in [0.29, 0.717) is 22.8 Å². The second kappa shape index (κ2) is 7.82. The molecule has 0 bridgehead atoms. The van der Waals surface area contributed by atoms with E-state index < -0.39 is 5.97 Å². The molecule has 0 saturated heterocycles. The van der Waals surface area contributed by atoms with E-state index in [1.165, 1.54) is 32.4 Å². The molecule has 2 rings (SSSR count). The average Bonchev–Trinajstić information content (AvgIpc) is 3.02. The number of furan rings is 1. The van der Waals surface area contributed by atoms with Crippen LogP contribution < -0.4 is 14.9 Å². The fourth-order valence-electron chi connectivity index (χ4n) is 1.80. The van der Waals surface area contributed by atoms with Crippen molar-refractivity contribution in [1.82, 2.24) is 5.43 Å². The van der Waals surface area contributed by atoms with Gasteiger partial charge in [-0.3, -0.25) is 4.79 Å². The molecule has 0 spiro atoms. The number of hydrogen-bond donors (Lipinski definition) is 2. The Kier molecular flexibility index (Phi) is 5.56. The molecule has 0 radical (unpaired) electrons. The van der Waals surface area contributed by atoms with E-state index in [1.54, 1.807) is 18.2 Å². The quantitative estimate of drug-likeness (QED) is 0.593. The number of carbonyl (C=O) groups is 2. The van der Waals surface area contributed by atoms with Crippen molar-refractivity contribution < 1.29 is 28.6 Å². The molecule has 0 unspecified atom stereocenters. The summed E-state index contributed by atoms with van der Waals surface area (Å²) in [6.07, 6.45) is 1.47. The van der Waals surface area contributed by atoms with Crippen LogP contribution in [0, 0.1) is 0 Å². The molecule has 126 valence electrons. The second-order valence-corrected chi connectivity index (χ2v) is 4.70. The maximum absolute atomic E-state index is 10.8. The highest BCUT2D eigenvalue weighted by Gasteiger charge is 2.11. The van der Waals surface area contributed by atoms with Crippen LogP contribution in [0.15, 0.2) is 39.9 Å². The van der Waals surface area contributed by atoms with Crippen molar-refractivity contribution in [2.45, 2.75) is 13.5 Å². The first kappa shape index (κ1) is 17.1. The largest absolute Gasteiger partial charge is 0.493 e. The van der Waals surface area contributed by atoms with Gasteiger partial charge < -0.3 is 19.0 Å². The number of rotatable bonds is 7. The summed E-state index contributed by atoms with van der Waals surface area (Å²) in [5.41, 5.74) is 3.01. The third-order valence-corrected chi connectivity index (χ3v) is 2.87. The minimum absolute atomic E-state index is 0.0585. The van der Waals surface area contributed by atoms with E-state index in [1.807, 2.05) is 0 Å². The molecule has 8 heteroatoms. The molecule has 0 fully saturated rings. The van der Waals surface area contributed by atoms with Gasteiger partial charge in [0.15, 0.2) is 11.5 Å². The van der Waals surface area contributed by atoms with Gasteiger partial charge in [0.1, 0.15) is 12.4 Å². The van der Waals surface area contributed by atoms with Crippen LogP contribution in [0.4, 0.5) is 0 Å². The Hall–Kier alpha value is -3.29. The Balaban J connectivity index is 2.05. The van der Waals surface area contributed by atoms with E-state index in [2.05, 4.69) is 10.5 Å². The molecule has 1 aromatic carbocycles. The molecule has 8 nitrogen and oxygen atoms in total. The van der Waals surface area contributed by atoms with Gasteiger partial charge in [0.2, 0.25) is 11.7 Å². The minimum Gasteiger partial charge on any atom is -0.493 e. The van der Waals surface area contributed by atoms with Crippen LogP contribution in [-0.2, 0) is 11.4 Å². The van der Waals surface area contributed by atoms with Gasteiger partial charge in [-0.15, -0.1) is 0 Å². The Morgan fingerprint density at radius 3 is 2.71 bits per heavy atom. The normalized spacial score (nSPS) is 10.6. The van der Waals surface area contributed by atoms with Gasteiger partial charge in [0.05, 0.1) is 13.3 Å². The molecule has 1 aromatic heterocycles. The topological polar surface area (TPSA) is 110 Å². The Morgan fingerprint density at radius 2 is 2.08 bits per heavy atom. The number of amides is 1. The molecule has 0 saturated carbocycles. The number of carboxylic acid groups (broad SMARTS) is 1. The summed E-state index contributed by atoms with van der Waals surface area (Å²) < 4.78 is 15.9. The van der Waals surface area contributed by atoms with E-state index in [9.17, 15) is 9.59 Å². The molecule has 2 aromatic rings. The van der Waals surface area contributed by atoms with Crippen molar-refractivity contribution in [3.63, 3.8) is 0 Å². The van der Waals surface area contributed by atoms with Crippen molar-refractivity contribution >= 4 is 18.1 Å². The zero-order valence-corrected chi connectivity index (χ0v) is 13.1. The van der Waals surface area contributed by atoms with E-state index >= 15 is 0 Å². The number of methoxy groups -OCH3 is 1. The second-order valence-electron chi connectivity index (χ2n) is 4.70. The van der Waals surface area contributed by atoms with Gasteiger partial charge in [-0.25, -0.2) is 10.2 Å². The lowest BCUT2D eigenvalue weighted by molar-refractivity contribution is -0.118. The van der Waals surface area contributed by atoms with E-state index in [0.717, 1.165) is 0 Å². The molecule has 1 amide bonds. The summed E-state index contributed by atoms with van der Waals surface area (Å²) in [6, 6.07) is 7.98. The zero-order chi connectivity index (χ0) is 17.5. The van der Waals surface area contributed by atoms with Crippen molar-refractivity contribution in [1.29, 1.82) is 0 Å². The number of hydrazone groups is 1. The Bertz CT molecular complexity index is 766. The maximum atomic E-state index is 10.8. The third-order valence-electron chi connectivity index (χ3n) is 2.87. The fraction of sp³-hybridized carbons (Fsp3) is 0.188. The lowest BCUT2D eigenvalue weighted by atomic mass is 10.2. The summed E-state index contributed by atoms with van der Waals surface area (Å²) in [6.45, 7) is 1.42. The van der Waals surface area contributed by atoms with Crippen molar-refractivity contribution in [2.75, 3.05) is 7.11 Å². The summed E-state index contributed by atoms with van der Waals surface area (Å²) in [7, 11) is 1.49. The molecule has 2 N–H and O–H groups in total. The van der Waals surface area contributed by atoms with Crippen molar-refractivity contribution in [3.8, 4) is 11.5 Å². The number of nitrogens with one attached hydrogen (secondary N) is 1. The van der Waals surface area contributed by atoms with Gasteiger partial charge in [-0.1, -0.05) is 0 Å². The lowest BCUT2D eigenvalue weighted by Crippen LogP contribution is -2.12. The van der Waals surface area contributed by atoms with Crippen LogP contribution in [0.5, 0.6) is 11.5 Å². The SMILES string of the molecule is COc1cc(/C=N\NC(C)=O)ccc1OCc1ccc(C(=O)O)o1. The van der Waals surface area contributed by atoms with Crippen LogP contribution in [0.3, 0.4) is 0 Å². The number of carboxylic acids is 1. The first-order valence-corrected chi connectivity index (χ1v) is 6.92. The molecule has 0 aliphatic rings. The maximum Gasteiger partial charge on any atom is 0.371 e. The highest BCUT2D eigenvalue weighted by molar-refractivity contribution is 5.84. The third kappa shape index (κ3) is 4.60. The lowest BCUT2D eigenvalue weighted by Gasteiger charge is -2.10. The number of nitrogens with zero attached hydrogens (tertiary/aromatic N) is 1. The van der Waals surface area contributed by atoms with Gasteiger partial charge in [-0.05, 0) is 35.9 Å². The summed E-state index contributed by atoms with van der Waals surface area (Å²) >= 11 is 0. The summed E-state index contributed by atoms with van der Waals surface area (Å²) in [4.78, 5) is 21.5. The predicted molar refractivity (Wildman–Crippen MR) is 84.4 cm³/mol. The van der Waals surface area contributed by atoms with E-state index in [4.69, 9.17) is 19.0 Å². The first-order valence-electron chi connectivity index (χ1n) is 6.92. The van der Waals surface area contributed by atoms with Crippen LogP contribution >= 0.6 is 0 Å². The molecule has 24 heavy (non-hydrogen) atoms. The molecule has 1 heterocycles. The smallest absolute Gasteiger partial charge is 0.371 e. The number of hydrogen-bond acceptors (Lipinski definition) is 6. The predicted octanol–water partition coefficient (Wildman–Crippen LogP) is 2.04. The summed E-state index contributed by atoms with van der Waals surface area (Å²) in [5, 5.41) is 12.6. The van der Waals surface area contributed by atoms with Crippen LogP contribution in [-0.4, -0.2) is 30.3 Å². The van der Waals surface area contributed by atoms with Crippen LogP contribution in [0.2, 0.25) is 0 Å². The van der Waals surface area contributed by atoms with Gasteiger partial charge in [0.25, 0.3) is 0 Å². The first-order chi connectivity index (χ1) is 11.5. The standard InChI is InChI=1S/C16H16N2O6/c1-10(19)18-17-8-11-3-5-13(15(7-11)22-2)23-9-12-4-6-14(24-12)16(20)21/h3-8H,9H2,1-2H3,(H,18,19)(H,20,21)/b17-8-. The summed E-state index contributed by atoms with van der Waals surface area (Å²) in [5.74, 6) is -0.246. The number of aromatic carboxylic acids is 1. The van der Waals surface area contributed by atoms with Gasteiger partial charge in [-0.2, -0.15) is 5.10 Å². The van der Waals surface area contributed by atoms with E-state index in [-0.39, 0.29) is 18.3 Å². The minimum atomic E-state index is -1.14. The number of ether oxygens (including phenoxy) is 2. The number of benzene rings is 1. The molecular weight excluding hydrogens is 316 g/mol. The monoisotopic (exact) mass is 332 g/mol. The van der Waals surface area contributed by atoms with Gasteiger partial charge >= 0.3 is 5.97 Å². The van der Waals surface area contributed by atoms with Crippen LogP contribution in [0.25, 0.3) is 0 Å². The van der Waals surface area contributed by atoms with Crippen molar-refractivity contribution in [2.24, 2.45) is 5.10 Å². The molecule has 0 atom stereocenters. The highest BCUT2D eigenvalue weighted by atomic mass is 16.5. The molecule has 0 aliphatic heterocycles. The van der Waals surface area contributed by atoms with Gasteiger partial charge in [0, 0.05) is 6.92 Å². The van der Waals surface area contributed by atoms with Crippen LogP contribution in [0.1, 0.15) is 28.8 Å². The Morgan fingerprint density at radius 1 is 1.29 bits per heavy atom. The average molecular weight is 332 g/mol. The fourth-order valence-corrected chi connectivity index (χ4v) is 1.80. The highest BCUT2D eigenvalue weighted by Crippen LogP contribution is 2.28. The molecule has 0 aliphatic carbocycles. The van der Waals surface area contributed by atoms with Crippen molar-refractivity contribution in [3.05, 3.63) is 47.4 Å². The number of carbonyl (C=O) groups excluding carboxylic acids is 1. The Labute approximate surface area is 137 Å².